The van der Waals surface area contributed by atoms with E-state index in [0.717, 1.165) is 24.1 Å². The van der Waals surface area contributed by atoms with E-state index in [1.54, 1.807) is 24.3 Å². The van der Waals surface area contributed by atoms with Gasteiger partial charge in [0.05, 0.1) is 5.69 Å². The Balaban J connectivity index is 1.84. The number of nitrogens with zero attached hydrogens (tertiary/aromatic N) is 3. The highest BCUT2D eigenvalue weighted by Crippen LogP contribution is 2.37. The summed E-state index contributed by atoms with van der Waals surface area (Å²) in [5, 5.41) is 7.83. The Morgan fingerprint density at radius 1 is 1.07 bits per heavy atom. The molecule has 0 saturated heterocycles. The summed E-state index contributed by atoms with van der Waals surface area (Å²) in [5.74, 6) is -0.343. The number of hydrogen-bond donors (Lipinski definition) is 1. The van der Waals surface area contributed by atoms with Gasteiger partial charge in [-0.15, -0.1) is 10.2 Å². The van der Waals surface area contributed by atoms with Crippen LogP contribution in [0.25, 0.3) is 11.3 Å². The van der Waals surface area contributed by atoms with Crippen molar-refractivity contribution >= 4 is 5.82 Å². The number of benzene rings is 2. The molecule has 0 aliphatic carbocycles. The lowest BCUT2D eigenvalue weighted by molar-refractivity contribution is 0.324. The van der Waals surface area contributed by atoms with Gasteiger partial charge in [0.15, 0.2) is 0 Å². The minimum absolute atomic E-state index is 0.0540. The van der Waals surface area contributed by atoms with Gasteiger partial charge in [0.2, 0.25) is 0 Å². The summed E-state index contributed by atoms with van der Waals surface area (Å²) in [6, 6.07) is 13.5. The van der Waals surface area contributed by atoms with Crippen molar-refractivity contribution in [2.24, 2.45) is 0 Å². The quantitative estimate of drug-likeness (QED) is 0.746. The first-order chi connectivity index (χ1) is 13.0. The molecular formula is C21H20F2N4. The van der Waals surface area contributed by atoms with Gasteiger partial charge < -0.3 is 10.6 Å². The number of halogens is 2. The van der Waals surface area contributed by atoms with Crippen LogP contribution in [0, 0.1) is 11.6 Å². The molecule has 0 fully saturated rings. The smallest absolute Gasteiger partial charge is 0.146 e. The van der Waals surface area contributed by atoms with Crippen LogP contribution in [0.15, 0.2) is 48.5 Å². The maximum absolute atomic E-state index is 15.5. The average Bonchev–Trinajstić information content (AvgIpc) is 2.82. The van der Waals surface area contributed by atoms with E-state index in [1.165, 1.54) is 12.1 Å². The minimum atomic E-state index is -0.304. The SMILES string of the molecule is CN1CCC(c2cccc(F)c2)c2ccc(-c3ccc(N)nn3)c(F)c2C1. The topological polar surface area (TPSA) is 55.0 Å². The van der Waals surface area contributed by atoms with Gasteiger partial charge in [0, 0.05) is 23.6 Å². The summed E-state index contributed by atoms with van der Waals surface area (Å²) >= 11 is 0. The van der Waals surface area contributed by atoms with Crippen molar-refractivity contribution < 1.29 is 8.78 Å². The number of nitrogen functional groups attached to an aromatic ring is 1. The van der Waals surface area contributed by atoms with E-state index in [2.05, 4.69) is 15.1 Å². The molecule has 27 heavy (non-hydrogen) atoms. The van der Waals surface area contributed by atoms with Gasteiger partial charge in [0.25, 0.3) is 0 Å². The lowest BCUT2D eigenvalue weighted by atomic mass is 9.85. The minimum Gasteiger partial charge on any atom is -0.382 e. The molecule has 1 aliphatic rings. The van der Waals surface area contributed by atoms with Crippen molar-refractivity contribution in [2.45, 2.75) is 18.9 Å². The van der Waals surface area contributed by atoms with Crippen molar-refractivity contribution in [1.29, 1.82) is 0 Å². The largest absolute Gasteiger partial charge is 0.382 e. The van der Waals surface area contributed by atoms with Gasteiger partial charge in [-0.1, -0.05) is 18.2 Å². The molecule has 1 atom stereocenters. The molecule has 0 amide bonds. The number of anilines is 1. The van der Waals surface area contributed by atoms with Gasteiger partial charge in [-0.05, 0) is 61.5 Å². The molecule has 0 radical (unpaired) electrons. The molecule has 0 bridgehead atoms. The Hall–Kier alpha value is -2.86. The predicted octanol–water partition coefficient (Wildman–Crippen LogP) is 3.97. The number of hydrogen-bond acceptors (Lipinski definition) is 4. The van der Waals surface area contributed by atoms with E-state index >= 15 is 4.39 Å². The lowest BCUT2D eigenvalue weighted by Crippen LogP contribution is -2.18. The van der Waals surface area contributed by atoms with E-state index in [4.69, 9.17) is 5.73 Å². The summed E-state index contributed by atoms with van der Waals surface area (Å²) in [7, 11) is 1.97. The van der Waals surface area contributed by atoms with Crippen molar-refractivity contribution in [2.75, 3.05) is 19.3 Å². The molecule has 2 N–H and O–H groups in total. The van der Waals surface area contributed by atoms with Crippen LogP contribution in [0.4, 0.5) is 14.6 Å². The monoisotopic (exact) mass is 366 g/mol. The Kier molecular flexibility index (Phi) is 4.58. The molecular weight excluding hydrogens is 346 g/mol. The van der Waals surface area contributed by atoms with Gasteiger partial charge in [-0.25, -0.2) is 8.78 Å². The van der Waals surface area contributed by atoms with Crippen LogP contribution in [-0.4, -0.2) is 28.7 Å². The molecule has 0 saturated carbocycles. The van der Waals surface area contributed by atoms with E-state index in [0.29, 0.717) is 29.2 Å². The molecule has 1 aromatic heterocycles. The number of fused-ring (bicyclic) bond motifs is 1. The Bertz CT molecular complexity index is 972. The van der Waals surface area contributed by atoms with Gasteiger partial charge in [-0.3, -0.25) is 0 Å². The number of nitrogens with two attached hydrogens (primary N) is 1. The average molecular weight is 366 g/mol. The van der Waals surface area contributed by atoms with Crippen LogP contribution in [-0.2, 0) is 6.54 Å². The Labute approximate surface area is 156 Å². The molecule has 3 aromatic rings. The highest BCUT2D eigenvalue weighted by atomic mass is 19.1. The summed E-state index contributed by atoms with van der Waals surface area (Å²) in [6.45, 7) is 1.29. The number of rotatable bonds is 2. The first kappa shape index (κ1) is 17.5. The molecule has 2 aromatic carbocycles. The third kappa shape index (κ3) is 3.40. The fourth-order valence-electron chi connectivity index (χ4n) is 3.73. The molecule has 1 unspecified atom stereocenters. The van der Waals surface area contributed by atoms with Gasteiger partial charge in [-0.2, -0.15) is 0 Å². The molecule has 2 heterocycles. The molecule has 1 aliphatic heterocycles. The molecule has 6 heteroatoms. The van der Waals surface area contributed by atoms with Gasteiger partial charge >= 0.3 is 0 Å². The van der Waals surface area contributed by atoms with Crippen LogP contribution in [0.3, 0.4) is 0 Å². The molecule has 4 rings (SSSR count). The predicted molar refractivity (Wildman–Crippen MR) is 101 cm³/mol. The van der Waals surface area contributed by atoms with Crippen LogP contribution in [0.5, 0.6) is 0 Å². The third-order valence-corrected chi connectivity index (χ3v) is 5.09. The maximum Gasteiger partial charge on any atom is 0.146 e. The molecule has 4 nitrogen and oxygen atoms in total. The van der Waals surface area contributed by atoms with Crippen LogP contribution in [0.2, 0.25) is 0 Å². The second-order valence-corrected chi connectivity index (χ2v) is 6.97. The van der Waals surface area contributed by atoms with Crippen LogP contribution in [0.1, 0.15) is 29.0 Å². The summed E-state index contributed by atoms with van der Waals surface area (Å²) in [4.78, 5) is 2.08. The second-order valence-electron chi connectivity index (χ2n) is 6.97. The number of aromatic nitrogens is 2. The first-order valence-electron chi connectivity index (χ1n) is 8.88. The highest BCUT2D eigenvalue weighted by molar-refractivity contribution is 5.63. The van der Waals surface area contributed by atoms with E-state index in [1.807, 2.05) is 19.2 Å². The first-order valence-corrected chi connectivity index (χ1v) is 8.88. The van der Waals surface area contributed by atoms with Crippen molar-refractivity contribution in [3.05, 3.63) is 76.9 Å². The van der Waals surface area contributed by atoms with Crippen LogP contribution < -0.4 is 5.73 Å². The summed E-state index contributed by atoms with van der Waals surface area (Å²) in [6.07, 6.45) is 0.799. The Morgan fingerprint density at radius 3 is 2.67 bits per heavy atom. The summed E-state index contributed by atoms with van der Waals surface area (Å²) in [5.41, 5.74) is 8.81. The second kappa shape index (κ2) is 7.04. The fraction of sp³-hybridized carbons (Fsp3) is 0.238. The summed E-state index contributed by atoms with van der Waals surface area (Å²) < 4.78 is 29.2. The zero-order valence-electron chi connectivity index (χ0n) is 15.0. The standard InChI is InChI=1S/C21H20F2N4/c1-27-10-9-15(13-3-2-4-14(22)11-13)16-5-6-17(21(23)18(16)12-27)19-7-8-20(24)26-25-19/h2-8,11,15H,9-10,12H2,1H3,(H2,24,26). The van der Waals surface area contributed by atoms with Gasteiger partial charge in [0.1, 0.15) is 17.5 Å². The highest BCUT2D eigenvalue weighted by Gasteiger charge is 2.26. The maximum atomic E-state index is 15.5. The van der Waals surface area contributed by atoms with E-state index in [9.17, 15) is 4.39 Å². The fourth-order valence-corrected chi connectivity index (χ4v) is 3.73. The normalized spacial score (nSPS) is 17.4. The zero-order valence-corrected chi connectivity index (χ0v) is 15.0. The zero-order chi connectivity index (χ0) is 19.0. The van der Waals surface area contributed by atoms with Crippen molar-refractivity contribution in [1.82, 2.24) is 15.1 Å². The van der Waals surface area contributed by atoms with Crippen molar-refractivity contribution in [3.8, 4) is 11.3 Å². The van der Waals surface area contributed by atoms with Crippen LogP contribution >= 0.6 is 0 Å². The lowest BCUT2D eigenvalue weighted by Gasteiger charge is -2.19. The van der Waals surface area contributed by atoms with E-state index in [-0.39, 0.29) is 17.6 Å². The third-order valence-electron chi connectivity index (χ3n) is 5.09. The molecule has 138 valence electrons. The molecule has 0 spiro atoms. The van der Waals surface area contributed by atoms with E-state index < -0.39 is 0 Å². The van der Waals surface area contributed by atoms with Crippen molar-refractivity contribution in [3.63, 3.8) is 0 Å². The Morgan fingerprint density at radius 2 is 1.93 bits per heavy atom.